The van der Waals surface area contributed by atoms with Gasteiger partial charge in [0.15, 0.2) is 5.96 Å². The van der Waals surface area contributed by atoms with Crippen LogP contribution >= 0.6 is 0 Å². The molecule has 0 bridgehead atoms. The van der Waals surface area contributed by atoms with Crippen molar-refractivity contribution in [2.45, 2.75) is 19.4 Å². The van der Waals surface area contributed by atoms with Crippen LogP contribution in [0, 0.1) is 0 Å². The maximum atomic E-state index is 11.8. The van der Waals surface area contributed by atoms with E-state index in [9.17, 15) is 4.79 Å². The Kier molecular flexibility index (Phi) is 3.11. The first-order chi connectivity index (χ1) is 9.24. The molecule has 2 aliphatic heterocycles. The van der Waals surface area contributed by atoms with Crippen molar-refractivity contribution in [3.05, 3.63) is 34.9 Å². The topological polar surface area (TPSA) is 70.7 Å². The van der Waals surface area contributed by atoms with Crippen LogP contribution in [0.2, 0.25) is 0 Å². The van der Waals surface area contributed by atoms with Gasteiger partial charge in [-0.15, -0.1) is 0 Å². The van der Waals surface area contributed by atoms with Crippen LogP contribution in [0.15, 0.2) is 23.2 Å². The predicted octanol–water partition coefficient (Wildman–Crippen LogP) is 0.493. The SMILES string of the molecule is NC(=NCc1ccc2c(c1)C(=O)NCC2)N1CCC1. The van der Waals surface area contributed by atoms with Crippen LogP contribution < -0.4 is 11.1 Å². The van der Waals surface area contributed by atoms with E-state index in [1.807, 2.05) is 18.2 Å². The molecule has 5 heteroatoms. The summed E-state index contributed by atoms with van der Waals surface area (Å²) in [4.78, 5) is 18.2. The standard InChI is InChI=1S/C14H18N4O/c15-14(18-6-1-7-18)17-9-10-2-3-11-4-5-16-13(19)12(11)8-10/h2-3,8H,1,4-7,9H2,(H2,15,17)(H,16,19). The lowest BCUT2D eigenvalue weighted by Gasteiger charge is -2.31. The number of guanidine groups is 1. The van der Waals surface area contributed by atoms with E-state index in [1.54, 1.807) is 0 Å². The monoisotopic (exact) mass is 258 g/mol. The number of benzene rings is 1. The van der Waals surface area contributed by atoms with Crippen molar-refractivity contribution in [2.75, 3.05) is 19.6 Å². The molecule has 0 aromatic heterocycles. The second kappa shape index (κ2) is 4.91. The normalized spacial score (nSPS) is 18.6. The lowest BCUT2D eigenvalue weighted by atomic mass is 9.98. The van der Waals surface area contributed by atoms with Gasteiger partial charge in [0.05, 0.1) is 6.54 Å². The highest BCUT2D eigenvalue weighted by Crippen LogP contribution is 2.16. The lowest BCUT2D eigenvalue weighted by molar-refractivity contribution is 0.0946. The summed E-state index contributed by atoms with van der Waals surface area (Å²) in [7, 11) is 0. The van der Waals surface area contributed by atoms with E-state index in [-0.39, 0.29) is 5.91 Å². The van der Waals surface area contributed by atoms with E-state index >= 15 is 0 Å². The number of nitrogens with two attached hydrogens (primary N) is 1. The van der Waals surface area contributed by atoms with Crippen molar-refractivity contribution >= 4 is 11.9 Å². The molecular weight excluding hydrogens is 240 g/mol. The summed E-state index contributed by atoms with van der Waals surface area (Å²) in [6.45, 7) is 3.26. The van der Waals surface area contributed by atoms with Crippen molar-refractivity contribution in [3.63, 3.8) is 0 Å². The minimum atomic E-state index is 0.0165. The minimum absolute atomic E-state index is 0.0165. The summed E-state index contributed by atoms with van der Waals surface area (Å²) in [5.41, 5.74) is 8.81. The van der Waals surface area contributed by atoms with Crippen molar-refractivity contribution in [3.8, 4) is 0 Å². The number of hydrogen-bond acceptors (Lipinski definition) is 2. The van der Waals surface area contributed by atoms with E-state index < -0.39 is 0 Å². The van der Waals surface area contributed by atoms with Crippen LogP contribution in [0.1, 0.15) is 27.9 Å². The summed E-state index contributed by atoms with van der Waals surface area (Å²) < 4.78 is 0. The molecule has 1 saturated heterocycles. The Morgan fingerprint density at radius 1 is 1.42 bits per heavy atom. The number of carbonyl (C=O) groups is 1. The van der Waals surface area contributed by atoms with E-state index in [2.05, 4.69) is 15.2 Å². The Balaban J connectivity index is 1.75. The molecule has 0 atom stereocenters. The minimum Gasteiger partial charge on any atom is -0.370 e. The number of fused-ring (bicyclic) bond motifs is 1. The van der Waals surface area contributed by atoms with Gasteiger partial charge in [-0.1, -0.05) is 12.1 Å². The van der Waals surface area contributed by atoms with E-state index in [1.165, 1.54) is 6.42 Å². The number of nitrogens with zero attached hydrogens (tertiary/aromatic N) is 2. The number of amides is 1. The fourth-order valence-corrected chi connectivity index (χ4v) is 2.37. The van der Waals surface area contributed by atoms with Crippen LogP contribution in [-0.2, 0) is 13.0 Å². The molecule has 1 fully saturated rings. The molecule has 0 saturated carbocycles. The van der Waals surface area contributed by atoms with Crippen molar-refractivity contribution in [2.24, 2.45) is 10.7 Å². The number of rotatable bonds is 2. The Bertz CT molecular complexity index is 534. The van der Waals surface area contributed by atoms with Crippen molar-refractivity contribution in [1.29, 1.82) is 0 Å². The highest BCUT2D eigenvalue weighted by Gasteiger charge is 2.17. The van der Waals surface area contributed by atoms with Gasteiger partial charge in [-0.05, 0) is 30.0 Å². The van der Waals surface area contributed by atoms with Gasteiger partial charge in [0, 0.05) is 25.2 Å². The van der Waals surface area contributed by atoms with Crippen molar-refractivity contribution in [1.82, 2.24) is 10.2 Å². The molecule has 2 heterocycles. The van der Waals surface area contributed by atoms with Gasteiger partial charge in [0.25, 0.3) is 5.91 Å². The summed E-state index contributed by atoms with van der Waals surface area (Å²) in [5, 5.41) is 2.86. The lowest BCUT2D eigenvalue weighted by Crippen LogP contribution is -2.46. The number of hydrogen-bond donors (Lipinski definition) is 2. The largest absolute Gasteiger partial charge is 0.370 e. The van der Waals surface area contributed by atoms with E-state index in [0.717, 1.165) is 42.7 Å². The summed E-state index contributed by atoms with van der Waals surface area (Å²) >= 11 is 0. The molecular formula is C14H18N4O. The highest BCUT2D eigenvalue weighted by molar-refractivity contribution is 5.96. The third-order valence-electron chi connectivity index (χ3n) is 3.70. The Hall–Kier alpha value is -2.04. The number of nitrogens with one attached hydrogen (secondary N) is 1. The average Bonchev–Trinajstić information content (AvgIpc) is 2.35. The number of carbonyl (C=O) groups excluding carboxylic acids is 1. The molecule has 1 aromatic rings. The second-order valence-electron chi connectivity index (χ2n) is 5.01. The first-order valence-electron chi connectivity index (χ1n) is 6.69. The molecule has 0 spiro atoms. The van der Waals surface area contributed by atoms with Crippen molar-refractivity contribution < 1.29 is 4.79 Å². The zero-order valence-corrected chi connectivity index (χ0v) is 10.9. The van der Waals surface area contributed by atoms with Gasteiger partial charge < -0.3 is 16.0 Å². The molecule has 3 rings (SSSR count). The third kappa shape index (κ3) is 2.41. The van der Waals surface area contributed by atoms with Gasteiger partial charge in [-0.25, -0.2) is 4.99 Å². The first-order valence-corrected chi connectivity index (χ1v) is 6.69. The smallest absolute Gasteiger partial charge is 0.251 e. The molecule has 0 aliphatic carbocycles. The van der Waals surface area contributed by atoms with Gasteiger partial charge in [0.1, 0.15) is 0 Å². The zero-order valence-electron chi connectivity index (χ0n) is 10.9. The molecule has 3 N–H and O–H groups in total. The van der Waals surface area contributed by atoms with Crippen LogP contribution in [0.3, 0.4) is 0 Å². The maximum absolute atomic E-state index is 11.8. The molecule has 0 unspecified atom stereocenters. The zero-order chi connectivity index (χ0) is 13.2. The maximum Gasteiger partial charge on any atom is 0.251 e. The molecule has 2 aliphatic rings. The van der Waals surface area contributed by atoms with Gasteiger partial charge in [-0.3, -0.25) is 4.79 Å². The average molecular weight is 258 g/mol. The predicted molar refractivity (Wildman–Crippen MR) is 74.0 cm³/mol. The van der Waals surface area contributed by atoms with Crippen LogP contribution in [0.25, 0.3) is 0 Å². The summed E-state index contributed by atoms with van der Waals surface area (Å²) in [5.74, 6) is 0.621. The fraction of sp³-hybridized carbons (Fsp3) is 0.429. The summed E-state index contributed by atoms with van der Waals surface area (Å²) in [6.07, 6.45) is 2.09. The second-order valence-corrected chi connectivity index (χ2v) is 5.01. The molecule has 1 aromatic carbocycles. The summed E-state index contributed by atoms with van der Waals surface area (Å²) in [6, 6.07) is 5.99. The Labute approximate surface area is 112 Å². The molecule has 0 radical (unpaired) electrons. The van der Waals surface area contributed by atoms with Crippen LogP contribution in [-0.4, -0.2) is 36.4 Å². The quantitative estimate of drug-likeness (QED) is 0.599. The fourth-order valence-electron chi connectivity index (χ4n) is 2.37. The molecule has 19 heavy (non-hydrogen) atoms. The molecule has 1 amide bonds. The Morgan fingerprint density at radius 3 is 3.00 bits per heavy atom. The highest BCUT2D eigenvalue weighted by atomic mass is 16.1. The number of likely N-dealkylation sites (tertiary alicyclic amines) is 1. The van der Waals surface area contributed by atoms with Gasteiger partial charge >= 0.3 is 0 Å². The van der Waals surface area contributed by atoms with Gasteiger partial charge in [-0.2, -0.15) is 0 Å². The molecule has 100 valence electrons. The van der Waals surface area contributed by atoms with Crippen LogP contribution in [0.5, 0.6) is 0 Å². The Morgan fingerprint density at radius 2 is 2.26 bits per heavy atom. The first kappa shape index (κ1) is 12.0. The van der Waals surface area contributed by atoms with Crippen LogP contribution in [0.4, 0.5) is 0 Å². The van der Waals surface area contributed by atoms with E-state index in [4.69, 9.17) is 5.73 Å². The van der Waals surface area contributed by atoms with E-state index in [0.29, 0.717) is 12.5 Å². The van der Waals surface area contributed by atoms with Gasteiger partial charge in [0.2, 0.25) is 0 Å². The molecule has 5 nitrogen and oxygen atoms in total. The number of aliphatic imine (C=N–C) groups is 1. The third-order valence-corrected chi connectivity index (χ3v) is 3.70.